The Kier molecular flexibility index (Phi) is 11.7. The van der Waals surface area contributed by atoms with Gasteiger partial charge >= 0.3 is 0 Å². The van der Waals surface area contributed by atoms with Gasteiger partial charge in [0.2, 0.25) is 0 Å². The predicted molar refractivity (Wildman–Crippen MR) is 152 cm³/mol. The number of hydrogen-bond donors (Lipinski definition) is 0. The highest BCUT2D eigenvalue weighted by Crippen LogP contribution is 2.54. The van der Waals surface area contributed by atoms with Gasteiger partial charge in [0.15, 0.2) is 0 Å². The van der Waals surface area contributed by atoms with E-state index in [1.54, 1.807) is 10.6 Å². The first kappa shape index (κ1) is 27.0. The largest absolute Gasteiger partial charge is 0.101 e. The van der Waals surface area contributed by atoms with Crippen LogP contribution in [-0.4, -0.2) is 41.1 Å². The van der Waals surface area contributed by atoms with Gasteiger partial charge in [-0.2, -0.15) is 0 Å². The average Bonchev–Trinajstić information content (AvgIpc) is 2.73. The van der Waals surface area contributed by atoms with Crippen LogP contribution in [-0.2, 0) is 0 Å². The minimum atomic E-state index is -0.308. The topological polar surface area (TPSA) is 0 Å². The first-order chi connectivity index (χ1) is 14.7. The highest BCUT2D eigenvalue weighted by molar-refractivity contribution is 7.73. The molecular weight excluding hydrogens is 429 g/mol. The summed E-state index contributed by atoms with van der Waals surface area (Å²) in [6, 6.07) is 22.7. The van der Waals surface area contributed by atoms with Crippen LogP contribution in [0.4, 0.5) is 0 Å². The monoisotopic (exact) mass is 474 g/mol. The van der Waals surface area contributed by atoms with Crippen LogP contribution < -0.4 is 10.6 Å². The molecule has 2 aromatic rings. The first-order valence-corrected chi connectivity index (χ1v) is 17.0. The molecular formula is C28H45P3. The molecule has 0 aromatic heterocycles. The predicted octanol–water partition coefficient (Wildman–Crippen LogP) is 8.33. The Morgan fingerprint density at radius 1 is 0.484 bits per heavy atom. The van der Waals surface area contributed by atoms with Gasteiger partial charge < -0.3 is 0 Å². The lowest BCUT2D eigenvalue weighted by Crippen LogP contribution is -2.26. The quantitative estimate of drug-likeness (QED) is 0.271. The Hall–Kier alpha value is -0.270. The van der Waals surface area contributed by atoms with Gasteiger partial charge in [-0.25, -0.2) is 0 Å². The summed E-state index contributed by atoms with van der Waals surface area (Å²) in [6.45, 7) is 19.7. The Bertz CT molecular complexity index is 647. The summed E-state index contributed by atoms with van der Waals surface area (Å²) in [6.07, 6.45) is 4.24. The van der Waals surface area contributed by atoms with Crippen molar-refractivity contribution in [2.24, 2.45) is 5.92 Å². The summed E-state index contributed by atoms with van der Waals surface area (Å²) in [7, 11) is -0.177. The third-order valence-corrected chi connectivity index (χ3v) is 16.1. The fourth-order valence-corrected chi connectivity index (χ4v) is 13.6. The molecule has 3 heteroatoms. The minimum Gasteiger partial charge on any atom is -0.101 e. The SMILES string of the molecule is CC(C)P(CC(CP(c1ccccc1)c1ccccc1)CP(C(C)C)C(C)C)C(C)C. The zero-order valence-electron chi connectivity index (χ0n) is 21.1. The van der Waals surface area contributed by atoms with Gasteiger partial charge in [-0.1, -0.05) is 116 Å². The van der Waals surface area contributed by atoms with Crippen molar-refractivity contribution in [3.8, 4) is 0 Å². The van der Waals surface area contributed by atoms with Gasteiger partial charge in [0.1, 0.15) is 0 Å². The van der Waals surface area contributed by atoms with E-state index in [2.05, 4.69) is 116 Å². The summed E-state index contributed by atoms with van der Waals surface area (Å²) in [5.41, 5.74) is 3.28. The molecule has 0 saturated heterocycles. The van der Waals surface area contributed by atoms with E-state index in [0.29, 0.717) is 0 Å². The van der Waals surface area contributed by atoms with Crippen molar-refractivity contribution in [1.29, 1.82) is 0 Å². The van der Waals surface area contributed by atoms with E-state index < -0.39 is 0 Å². The van der Waals surface area contributed by atoms with Crippen LogP contribution in [0.2, 0.25) is 0 Å². The standard InChI is InChI=1S/C28H45P3/c1-22(2)29(23(3)4)19-26(20-30(24(5)6)25(7)8)21-31(27-15-11-9-12-16-27)28-17-13-10-14-18-28/h9-18,22-26H,19-21H2,1-8H3. The fraction of sp³-hybridized carbons (Fsp3) is 0.571. The molecule has 0 aliphatic heterocycles. The molecule has 0 bridgehead atoms. The highest BCUT2D eigenvalue weighted by Gasteiger charge is 2.29. The van der Waals surface area contributed by atoms with E-state index >= 15 is 0 Å². The lowest BCUT2D eigenvalue weighted by Gasteiger charge is -2.36. The van der Waals surface area contributed by atoms with Crippen LogP contribution in [0.3, 0.4) is 0 Å². The van der Waals surface area contributed by atoms with Gasteiger partial charge in [-0.15, -0.1) is 15.8 Å². The molecule has 0 unspecified atom stereocenters. The number of hydrogen-bond acceptors (Lipinski definition) is 0. The van der Waals surface area contributed by atoms with E-state index in [4.69, 9.17) is 0 Å². The van der Waals surface area contributed by atoms with E-state index in [0.717, 1.165) is 28.6 Å². The highest BCUT2D eigenvalue weighted by atomic mass is 31.1. The normalized spacial score (nSPS) is 12.6. The van der Waals surface area contributed by atoms with Crippen molar-refractivity contribution in [3.05, 3.63) is 60.7 Å². The minimum absolute atomic E-state index is 0.0652. The molecule has 0 saturated carbocycles. The van der Waals surface area contributed by atoms with Gasteiger partial charge in [0, 0.05) is 0 Å². The first-order valence-electron chi connectivity index (χ1n) is 12.1. The molecule has 0 atom stereocenters. The van der Waals surface area contributed by atoms with E-state index in [1.807, 2.05) is 0 Å². The molecule has 0 aliphatic rings. The lowest BCUT2D eigenvalue weighted by atomic mass is 10.3. The molecule has 0 radical (unpaired) electrons. The van der Waals surface area contributed by atoms with Gasteiger partial charge in [-0.3, -0.25) is 0 Å². The summed E-state index contributed by atoms with van der Waals surface area (Å²) in [4.78, 5) is 0. The van der Waals surface area contributed by atoms with Crippen molar-refractivity contribution >= 4 is 34.4 Å². The molecule has 0 heterocycles. The lowest BCUT2D eigenvalue weighted by molar-refractivity contribution is 0.743. The van der Waals surface area contributed by atoms with Crippen molar-refractivity contribution in [1.82, 2.24) is 0 Å². The van der Waals surface area contributed by atoms with E-state index in [-0.39, 0.29) is 23.8 Å². The van der Waals surface area contributed by atoms with Crippen LogP contribution in [0.1, 0.15) is 55.4 Å². The Balaban J connectivity index is 2.39. The molecule has 2 rings (SSSR count). The van der Waals surface area contributed by atoms with Crippen LogP contribution in [0.25, 0.3) is 0 Å². The molecule has 0 N–H and O–H groups in total. The second kappa shape index (κ2) is 13.4. The van der Waals surface area contributed by atoms with Crippen LogP contribution in [0.5, 0.6) is 0 Å². The van der Waals surface area contributed by atoms with Gasteiger partial charge in [-0.05, 0) is 65.6 Å². The molecule has 0 nitrogen and oxygen atoms in total. The van der Waals surface area contributed by atoms with Crippen LogP contribution in [0.15, 0.2) is 60.7 Å². The zero-order valence-corrected chi connectivity index (χ0v) is 23.8. The Morgan fingerprint density at radius 2 is 0.806 bits per heavy atom. The van der Waals surface area contributed by atoms with Gasteiger partial charge in [0.25, 0.3) is 0 Å². The molecule has 0 amide bonds. The summed E-state index contributed by atoms with van der Waals surface area (Å²) >= 11 is 0. The van der Waals surface area contributed by atoms with Gasteiger partial charge in [0.05, 0.1) is 0 Å². The maximum Gasteiger partial charge on any atom is -0.0195 e. The van der Waals surface area contributed by atoms with E-state index in [9.17, 15) is 0 Å². The summed E-state index contributed by atoms with van der Waals surface area (Å²) < 4.78 is 0. The Morgan fingerprint density at radius 3 is 1.10 bits per heavy atom. The molecule has 0 fully saturated rings. The number of benzene rings is 2. The summed E-state index contributed by atoms with van der Waals surface area (Å²) in [5.74, 6) is 0.832. The van der Waals surface area contributed by atoms with Crippen LogP contribution in [0, 0.1) is 5.92 Å². The second-order valence-corrected chi connectivity index (χ2v) is 19.1. The maximum atomic E-state index is 2.47. The van der Waals surface area contributed by atoms with Crippen molar-refractivity contribution in [2.75, 3.05) is 18.5 Å². The van der Waals surface area contributed by atoms with Crippen molar-refractivity contribution in [2.45, 2.75) is 78.0 Å². The van der Waals surface area contributed by atoms with Crippen molar-refractivity contribution in [3.63, 3.8) is 0 Å². The number of rotatable bonds is 12. The summed E-state index contributed by atoms with van der Waals surface area (Å²) in [5, 5.41) is 3.09. The zero-order chi connectivity index (χ0) is 23.0. The third kappa shape index (κ3) is 8.54. The maximum absolute atomic E-state index is 2.47. The Labute approximate surface area is 197 Å². The van der Waals surface area contributed by atoms with Crippen molar-refractivity contribution < 1.29 is 0 Å². The molecule has 31 heavy (non-hydrogen) atoms. The molecule has 2 aromatic carbocycles. The molecule has 0 aliphatic carbocycles. The molecule has 0 spiro atoms. The third-order valence-electron chi connectivity index (χ3n) is 6.17. The average molecular weight is 475 g/mol. The smallest absolute Gasteiger partial charge is 0.0195 e. The van der Waals surface area contributed by atoms with E-state index in [1.165, 1.54) is 18.5 Å². The molecule has 172 valence electrons. The van der Waals surface area contributed by atoms with Crippen LogP contribution >= 0.6 is 23.8 Å². The second-order valence-electron chi connectivity index (χ2n) is 9.92. The fourth-order valence-electron chi connectivity index (χ4n) is 4.64.